The Morgan fingerprint density at radius 2 is 2.25 bits per heavy atom. The van der Waals surface area contributed by atoms with Crippen molar-refractivity contribution in [3.8, 4) is 0 Å². The van der Waals surface area contributed by atoms with E-state index in [-0.39, 0.29) is 6.67 Å². The molecule has 1 aliphatic rings. The molecule has 90 valence electrons. The standard InChI is InChI=1S/C9H12F2N2O3/c1-13-4-12-7(9(15)16-2)6(14)3-5(13)8(10)11/h5,8H,3-4H2,1-2H3. The Morgan fingerprint density at radius 1 is 1.62 bits per heavy atom. The van der Waals surface area contributed by atoms with Gasteiger partial charge in [0.1, 0.15) is 0 Å². The molecule has 0 saturated carbocycles. The van der Waals surface area contributed by atoms with Crippen molar-refractivity contribution in [2.75, 3.05) is 20.8 Å². The summed E-state index contributed by atoms with van der Waals surface area (Å²) in [5, 5.41) is 0. The SMILES string of the molecule is COC(=O)C1=NCN(C)C(C(F)F)CC1=O. The molecule has 0 bridgehead atoms. The second kappa shape index (κ2) is 5.11. The maximum absolute atomic E-state index is 12.6. The van der Waals surface area contributed by atoms with E-state index >= 15 is 0 Å². The fourth-order valence-corrected chi connectivity index (χ4v) is 1.37. The van der Waals surface area contributed by atoms with E-state index in [4.69, 9.17) is 0 Å². The third-order valence-electron chi connectivity index (χ3n) is 2.35. The van der Waals surface area contributed by atoms with E-state index in [0.29, 0.717) is 0 Å². The molecule has 1 heterocycles. The Bertz CT molecular complexity index is 331. The average Bonchev–Trinajstić information content (AvgIpc) is 2.38. The molecule has 1 atom stereocenters. The molecule has 0 aromatic rings. The first kappa shape index (κ1) is 12.7. The van der Waals surface area contributed by atoms with Gasteiger partial charge in [0.15, 0.2) is 11.5 Å². The molecule has 0 radical (unpaired) electrons. The van der Waals surface area contributed by atoms with Crippen LogP contribution in [0, 0.1) is 0 Å². The second-order valence-electron chi connectivity index (χ2n) is 3.43. The molecule has 0 aliphatic carbocycles. The molecule has 7 heteroatoms. The van der Waals surface area contributed by atoms with Crippen LogP contribution in [0.5, 0.6) is 0 Å². The van der Waals surface area contributed by atoms with E-state index in [0.717, 1.165) is 7.11 Å². The van der Waals surface area contributed by atoms with Gasteiger partial charge in [-0.3, -0.25) is 14.7 Å². The number of carbonyl (C=O) groups excluding carboxylic acids is 2. The molecule has 0 spiro atoms. The van der Waals surface area contributed by atoms with Gasteiger partial charge in [-0.25, -0.2) is 13.6 Å². The minimum Gasteiger partial charge on any atom is -0.464 e. The molecule has 0 aromatic heterocycles. The van der Waals surface area contributed by atoms with Gasteiger partial charge in [0.2, 0.25) is 0 Å². The lowest BCUT2D eigenvalue weighted by Gasteiger charge is -2.22. The summed E-state index contributed by atoms with van der Waals surface area (Å²) in [7, 11) is 2.53. The van der Waals surface area contributed by atoms with Crippen LogP contribution in [-0.2, 0) is 14.3 Å². The van der Waals surface area contributed by atoms with E-state index < -0.39 is 36.4 Å². The number of carbonyl (C=O) groups is 2. The van der Waals surface area contributed by atoms with Crippen molar-refractivity contribution >= 4 is 17.5 Å². The van der Waals surface area contributed by atoms with Crippen LogP contribution in [0.4, 0.5) is 8.78 Å². The monoisotopic (exact) mass is 234 g/mol. The van der Waals surface area contributed by atoms with Crippen LogP contribution in [0.3, 0.4) is 0 Å². The van der Waals surface area contributed by atoms with Gasteiger partial charge in [-0.05, 0) is 7.05 Å². The summed E-state index contributed by atoms with van der Waals surface area (Å²) >= 11 is 0. The molecule has 1 rings (SSSR count). The smallest absolute Gasteiger partial charge is 0.360 e. The van der Waals surface area contributed by atoms with E-state index in [1.165, 1.54) is 11.9 Å². The number of ether oxygens (including phenoxy) is 1. The number of nitrogens with zero attached hydrogens (tertiary/aromatic N) is 2. The largest absolute Gasteiger partial charge is 0.464 e. The van der Waals surface area contributed by atoms with Crippen molar-refractivity contribution in [1.29, 1.82) is 0 Å². The summed E-state index contributed by atoms with van der Waals surface area (Å²) in [6.07, 6.45) is -3.08. The van der Waals surface area contributed by atoms with Crippen LogP contribution in [0.15, 0.2) is 4.99 Å². The lowest BCUT2D eigenvalue weighted by molar-refractivity contribution is -0.133. The average molecular weight is 234 g/mol. The van der Waals surface area contributed by atoms with Crippen LogP contribution in [0.2, 0.25) is 0 Å². The lowest BCUT2D eigenvalue weighted by Crippen LogP contribution is -2.38. The summed E-state index contributed by atoms with van der Waals surface area (Å²) in [6.45, 7) is -0.120. The van der Waals surface area contributed by atoms with Gasteiger partial charge < -0.3 is 4.74 Å². The number of methoxy groups -OCH3 is 1. The van der Waals surface area contributed by atoms with E-state index in [2.05, 4.69) is 9.73 Å². The third kappa shape index (κ3) is 2.60. The number of halogens is 2. The summed E-state index contributed by atoms with van der Waals surface area (Å²) in [5.74, 6) is -1.59. The Hall–Kier alpha value is -1.37. The number of hydrogen-bond donors (Lipinski definition) is 0. The van der Waals surface area contributed by atoms with Crippen LogP contribution in [0.25, 0.3) is 0 Å². The topological polar surface area (TPSA) is 59.0 Å². The summed E-state index contributed by atoms with van der Waals surface area (Å²) < 4.78 is 29.5. The molecule has 1 aliphatic heterocycles. The number of Topliss-reactive ketones (excluding diaryl/α,β-unsaturated/α-hetero) is 1. The van der Waals surface area contributed by atoms with E-state index in [1.807, 2.05) is 0 Å². The minimum atomic E-state index is -2.65. The fraction of sp³-hybridized carbons (Fsp3) is 0.667. The lowest BCUT2D eigenvalue weighted by atomic mass is 10.1. The summed E-state index contributed by atoms with van der Waals surface area (Å²) in [6, 6.07) is -1.21. The molecule has 0 N–H and O–H groups in total. The van der Waals surface area contributed by atoms with E-state index in [1.54, 1.807) is 0 Å². The van der Waals surface area contributed by atoms with Crippen molar-refractivity contribution in [3.63, 3.8) is 0 Å². The number of esters is 1. The van der Waals surface area contributed by atoms with Gasteiger partial charge in [-0.2, -0.15) is 0 Å². The number of aliphatic imine (C=N–C) groups is 1. The zero-order valence-electron chi connectivity index (χ0n) is 8.94. The Labute approximate surface area is 91.1 Å². The van der Waals surface area contributed by atoms with Gasteiger partial charge in [-0.1, -0.05) is 0 Å². The number of alkyl halides is 2. The Kier molecular flexibility index (Phi) is 4.05. The molecule has 0 saturated heterocycles. The highest BCUT2D eigenvalue weighted by Gasteiger charge is 2.34. The van der Waals surface area contributed by atoms with Crippen LogP contribution in [-0.4, -0.2) is 55.7 Å². The Morgan fingerprint density at radius 3 is 2.75 bits per heavy atom. The predicted molar refractivity (Wildman–Crippen MR) is 51.5 cm³/mol. The van der Waals surface area contributed by atoms with Crippen molar-refractivity contribution in [2.24, 2.45) is 4.99 Å². The minimum absolute atomic E-state index is 0.120. The molecule has 0 amide bonds. The first-order chi connectivity index (χ1) is 7.47. The van der Waals surface area contributed by atoms with Crippen LogP contribution >= 0.6 is 0 Å². The van der Waals surface area contributed by atoms with Gasteiger partial charge in [0.05, 0.1) is 19.8 Å². The Balaban J connectivity index is 2.88. The van der Waals surface area contributed by atoms with E-state index in [9.17, 15) is 18.4 Å². The molecule has 0 aromatic carbocycles. The normalized spacial score (nSPS) is 22.9. The zero-order valence-corrected chi connectivity index (χ0v) is 8.94. The van der Waals surface area contributed by atoms with Crippen molar-refractivity contribution in [1.82, 2.24) is 4.90 Å². The molecule has 16 heavy (non-hydrogen) atoms. The van der Waals surface area contributed by atoms with Crippen molar-refractivity contribution < 1.29 is 23.1 Å². The first-order valence-corrected chi connectivity index (χ1v) is 4.61. The highest BCUT2D eigenvalue weighted by molar-refractivity contribution is 6.64. The van der Waals surface area contributed by atoms with Gasteiger partial charge >= 0.3 is 5.97 Å². The highest BCUT2D eigenvalue weighted by Crippen LogP contribution is 2.16. The summed E-state index contributed by atoms with van der Waals surface area (Å²) in [4.78, 5) is 27.5. The van der Waals surface area contributed by atoms with Gasteiger partial charge in [0, 0.05) is 6.42 Å². The van der Waals surface area contributed by atoms with Crippen LogP contribution < -0.4 is 0 Å². The van der Waals surface area contributed by atoms with Crippen LogP contribution in [0.1, 0.15) is 6.42 Å². The maximum Gasteiger partial charge on any atom is 0.360 e. The molecular formula is C9H12F2N2O3. The van der Waals surface area contributed by atoms with Crippen molar-refractivity contribution in [3.05, 3.63) is 0 Å². The zero-order chi connectivity index (χ0) is 12.3. The quantitative estimate of drug-likeness (QED) is 0.636. The molecule has 5 nitrogen and oxygen atoms in total. The van der Waals surface area contributed by atoms with Gasteiger partial charge in [-0.15, -0.1) is 0 Å². The molecule has 0 fully saturated rings. The predicted octanol–water partition coefficient (Wildman–Crippen LogP) is 0.0962. The molecular weight excluding hydrogens is 222 g/mol. The first-order valence-electron chi connectivity index (χ1n) is 4.61. The highest BCUT2D eigenvalue weighted by atomic mass is 19.3. The second-order valence-corrected chi connectivity index (χ2v) is 3.43. The number of rotatable bonds is 2. The van der Waals surface area contributed by atoms with Gasteiger partial charge in [0.25, 0.3) is 6.43 Å². The van der Waals surface area contributed by atoms with Crippen molar-refractivity contribution in [2.45, 2.75) is 18.9 Å². The summed E-state index contributed by atoms with van der Waals surface area (Å²) in [5.41, 5.74) is -0.391. The number of hydrogen-bond acceptors (Lipinski definition) is 5. The molecule has 1 unspecified atom stereocenters. The number of ketones is 1. The third-order valence-corrected chi connectivity index (χ3v) is 2.35. The maximum atomic E-state index is 12.6. The fourth-order valence-electron chi connectivity index (χ4n) is 1.37.